The Morgan fingerprint density at radius 3 is 2.14 bits per heavy atom. The molecule has 5 rings (SSSR count). The van der Waals surface area contributed by atoms with E-state index in [0.717, 1.165) is 24.9 Å². The standard InChI is InChI=1S/C22H15N3O3Se/c1-24-21(27)16(20(26)23-22(24)28)12-13-10-11-19(29-13)25-17-8-4-2-6-14(17)15-7-3-5-9-18(15)25/h2-12H,1H3,(H,23,26,28)/b16-12-. The average molecular weight is 448 g/mol. The van der Waals surface area contributed by atoms with Gasteiger partial charge in [-0.3, -0.25) is 0 Å². The van der Waals surface area contributed by atoms with Gasteiger partial charge in [0.15, 0.2) is 0 Å². The second-order valence-electron chi connectivity index (χ2n) is 6.73. The van der Waals surface area contributed by atoms with E-state index in [2.05, 4.69) is 34.1 Å². The topological polar surface area (TPSA) is 71.4 Å². The van der Waals surface area contributed by atoms with E-state index < -0.39 is 17.8 Å². The molecule has 0 unspecified atom stereocenters. The molecule has 4 amide bonds. The number of nitrogens with zero attached hydrogens (tertiary/aromatic N) is 2. The predicted molar refractivity (Wildman–Crippen MR) is 112 cm³/mol. The quantitative estimate of drug-likeness (QED) is 0.291. The summed E-state index contributed by atoms with van der Waals surface area (Å²) in [5.74, 6) is -1.24. The van der Waals surface area contributed by atoms with Gasteiger partial charge in [-0.05, 0) is 0 Å². The molecule has 0 radical (unpaired) electrons. The zero-order chi connectivity index (χ0) is 20.1. The van der Waals surface area contributed by atoms with E-state index in [4.69, 9.17) is 0 Å². The van der Waals surface area contributed by atoms with Gasteiger partial charge in [0, 0.05) is 0 Å². The van der Waals surface area contributed by atoms with Crippen LogP contribution >= 0.6 is 0 Å². The van der Waals surface area contributed by atoms with E-state index >= 15 is 0 Å². The summed E-state index contributed by atoms with van der Waals surface area (Å²) >= 11 is -0.0991. The van der Waals surface area contributed by atoms with Crippen LogP contribution in [0.3, 0.4) is 0 Å². The number of imide groups is 2. The summed E-state index contributed by atoms with van der Waals surface area (Å²) in [5, 5.41) is 4.56. The number of amides is 4. The maximum absolute atomic E-state index is 12.3. The summed E-state index contributed by atoms with van der Waals surface area (Å²) in [4.78, 5) is 36.9. The van der Waals surface area contributed by atoms with Crippen molar-refractivity contribution >= 4 is 60.2 Å². The molecular formula is C22H15N3O3Se. The number of fused-ring (bicyclic) bond motifs is 3. The van der Waals surface area contributed by atoms with Crippen LogP contribution < -0.4 is 5.32 Å². The van der Waals surface area contributed by atoms with Crippen LogP contribution in [-0.2, 0) is 9.59 Å². The van der Waals surface area contributed by atoms with Gasteiger partial charge < -0.3 is 0 Å². The number of hydrogen-bond donors (Lipinski definition) is 1. The van der Waals surface area contributed by atoms with E-state index in [1.807, 2.05) is 36.4 Å². The Morgan fingerprint density at radius 1 is 0.862 bits per heavy atom. The first-order valence-corrected chi connectivity index (χ1v) is 10.7. The number of barbiturate groups is 1. The fourth-order valence-electron chi connectivity index (χ4n) is 3.59. The summed E-state index contributed by atoms with van der Waals surface area (Å²) < 4.78 is 4.26. The number of likely N-dealkylation sites (N-methyl/N-ethyl adjacent to an activating group) is 1. The first-order chi connectivity index (χ1) is 14.0. The van der Waals surface area contributed by atoms with Crippen molar-refractivity contribution in [2.45, 2.75) is 0 Å². The van der Waals surface area contributed by atoms with Crippen LogP contribution in [0.2, 0.25) is 0 Å². The summed E-state index contributed by atoms with van der Waals surface area (Å²) in [7, 11) is 1.36. The van der Waals surface area contributed by atoms with Crippen molar-refractivity contribution in [3.05, 3.63) is 70.7 Å². The Labute approximate surface area is 171 Å². The Bertz CT molecular complexity index is 1310. The molecule has 142 valence electrons. The van der Waals surface area contributed by atoms with Crippen LogP contribution in [0.15, 0.2) is 66.2 Å². The van der Waals surface area contributed by atoms with Gasteiger partial charge >= 0.3 is 172 Å². The van der Waals surface area contributed by atoms with Crippen molar-refractivity contribution in [2.24, 2.45) is 0 Å². The summed E-state index contributed by atoms with van der Waals surface area (Å²) in [6, 6.07) is 19.8. The minimum absolute atomic E-state index is 0.0166. The maximum atomic E-state index is 12.3. The second kappa shape index (κ2) is 6.58. The van der Waals surface area contributed by atoms with Crippen LogP contribution in [0.1, 0.15) is 4.44 Å². The third-order valence-electron chi connectivity index (χ3n) is 5.00. The number of rotatable bonds is 2. The predicted octanol–water partition coefficient (Wildman–Crippen LogP) is 2.93. The monoisotopic (exact) mass is 449 g/mol. The number of urea groups is 1. The molecule has 1 aliphatic rings. The summed E-state index contributed by atoms with van der Waals surface area (Å²) in [6.45, 7) is 0. The van der Waals surface area contributed by atoms with Crippen LogP contribution in [-0.4, -0.2) is 48.9 Å². The zero-order valence-electron chi connectivity index (χ0n) is 15.4. The second-order valence-corrected chi connectivity index (χ2v) is 9.02. The van der Waals surface area contributed by atoms with E-state index in [1.165, 1.54) is 17.8 Å². The SMILES string of the molecule is CN1C(=O)NC(=O)/C(=C/c2ccc(-n3c4ccccc4c4ccccc43)[se]2)C1=O. The van der Waals surface area contributed by atoms with Crippen LogP contribution in [0.5, 0.6) is 0 Å². The van der Waals surface area contributed by atoms with Crippen LogP contribution in [0.25, 0.3) is 32.4 Å². The first-order valence-electron chi connectivity index (χ1n) is 8.98. The van der Waals surface area contributed by atoms with E-state index in [1.54, 1.807) is 6.08 Å². The number of carbonyl (C=O) groups excluding carboxylic acids is 3. The molecule has 0 spiro atoms. The molecule has 1 N–H and O–H groups in total. The number of hydrogen-bond acceptors (Lipinski definition) is 3. The molecular weight excluding hydrogens is 433 g/mol. The molecule has 1 saturated heterocycles. The summed E-state index contributed by atoms with van der Waals surface area (Å²) in [5.41, 5.74) is 2.24. The molecule has 0 aliphatic carbocycles. The molecule has 7 heteroatoms. The molecule has 0 atom stereocenters. The van der Waals surface area contributed by atoms with Gasteiger partial charge in [-0.2, -0.15) is 0 Å². The third kappa shape index (κ3) is 2.75. The van der Waals surface area contributed by atoms with Gasteiger partial charge in [0.1, 0.15) is 0 Å². The van der Waals surface area contributed by atoms with Crippen molar-refractivity contribution < 1.29 is 14.4 Å². The molecule has 1 aliphatic heterocycles. The minimum atomic E-state index is -0.702. The Morgan fingerprint density at radius 2 is 1.48 bits per heavy atom. The average Bonchev–Trinajstić information content (AvgIpc) is 3.31. The number of carbonyl (C=O) groups is 3. The molecule has 6 nitrogen and oxygen atoms in total. The number of benzene rings is 2. The van der Waals surface area contributed by atoms with Gasteiger partial charge in [0.25, 0.3) is 0 Å². The normalized spacial score (nSPS) is 16.2. The van der Waals surface area contributed by atoms with Gasteiger partial charge in [0.2, 0.25) is 0 Å². The Kier molecular flexibility index (Phi) is 4.01. The van der Waals surface area contributed by atoms with Gasteiger partial charge in [0.05, 0.1) is 0 Å². The van der Waals surface area contributed by atoms with E-state index in [-0.39, 0.29) is 20.1 Å². The number of nitrogens with one attached hydrogen (secondary N) is 1. The van der Waals surface area contributed by atoms with Gasteiger partial charge in [-0.25, -0.2) is 0 Å². The van der Waals surface area contributed by atoms with E-state index in [0.29, 0.717) is 0 Å². The molecule has 3 heterocycles. The molecule has 4 aromatic rings. The molecule has 0 saturated carbocycles. The molecule has 2 aromatic heterocycles. The number of aromatic nitrogens is 1. The first kappa shape index (κ1) is 17.7. The molecule has 0 bridgehead atoms. The zero-order valence-corrected chi connectivity index (χ0v) is 17.1. The summed E-state index contributed by atoms with van der Waals surface area (Å²) in [6.07, 6.45) is 1.60. The fourth-order valence-corrected chi connectivity index (χ4v) is 5.64. The van der Waals surface area contributed by atoms with Crippen LogP contribution in [0.4, 0.5) is 4.79 Å². The van der Waals surface area contributed by atoms with Crippen LogP contribution in [0, 0.1) is 0 Å². The molecule has 1 fully saturated rings. The Hall–Kier alpha value is -3.41. The van der Waals surface area contributed by atoms with E-state index in [9.17, 15) is 14.4 Å². The third-order valence-corrected chi connectivity index (χ3v) is 7.14. The van der Waals surface area contributed by atoms with Crippen molar-refractivity contribution in [1.82, 2.24) is 14.8 Å². The van der Waals surface area contributed by atoms with Crippen molar-refractivity contribution in [3.8, 4) is 4.56 Å². The fraction of sp³-hybridized carbons (Fsp3) is 0.0455. The van der Waals surface area contributed by atoms with Crippen molar-refractivity contribution in [2.75, 3.05) is 7.05 Å². The van der Waals surface area contributed by atoms with Gasteiger partial charge in [-0.15, -0.1) is 0 Å². The molecule has 29 heavy (non-hydrogen) atoms. The van der Waals surface area contributed by atoms with Crippen molar-refractivity contribution in [1.29, 1.82) is 0 Å². The van der Waals surface area contributed by atoms with Crippen molar-refractivity contribution in [3.63, 3.8) is 0 Å². The number of para-hydroxylation sites is 2. The molecule has 2 aromatic carbocycles. The van der Waals surface area contributed by atoms with Gasteiger partial charge in [-0.1, -0.05) is 0 Å². The Balaban J connectivity index is 1.64.